The number of aryl methyl sites for hydroxylation is 1. The third-order valence-corrected chi connectivity index (χ3v) is 6.47. The molecule has 0 atom stereocenters. The molecule has 25 heavy (non-hydrogen) atoms. The summed E-state index contributed by atoms with van der Waals surface area (Å²) in [6.45, 7) is 4.52. The molecule has 0 saturated carbocycles. The molecule has 3 aromatic rings. The molecule has 1 aromatic carbocycles. The summed E-state index contributed by atoms with van der Waals surface area (Å²) in [5, 5.41) is 10.2. The van der Waals surface area contributed by atoms with Gasteiger partial charge in [-0.2, -0.15) is 0 Å². The molecule has 132 valence electrons. The van der Waals surface area contributed by atoms with Crippen molar-refractivity contribution >= 4 is 37.4 Å². The number of rotatable bonds is 5. The Balaban J connectivity index is 2.04. The van der Waals surface area contributed by atoms with Crippen molar-refractivity contribution in [2.75, 3.05) is 6.26 Å². The standard InChI is InChI=1S/C18H19NO4S2/c1-11-8-16-15(9-17(20)21)12(2)19(18(16)24-11)10-13-4-6-14(7-5-13)25(3,22)23/h4-8H,9-10H2,1-3H3,(H,20,21). The molecule has 5 nitrogen and oxygen atoms in total. The third kappa shape index (κ3) is 3.48. The Morgan fingerprint density at radius 3 is 2.40 bits per heavy atom. The Bertz CT molecular complexity index is 1060. The quantitative estimate of drug-likeness (QED) is 0.739. The van der Waals surface area contributed by atoms with Gasteiger partial charge in [-0.1, -0.05) is 12.1 Å². The molecule has 0 spiro atoms. The molecule has 0 aliphatic carbocycles. The minimum atomic E-state index is -3.21. The van der Waals surface area contributed by atoms with E-state index in [4.69, 9.17) is 0 Å². The molecule has 0 fully saturated rings. The van der Waals surface area contributed by atoms with Crippen LogP contribution in [0.5, 0.6) is 0 Å². The minimum absolute atomic E-state index is 0.00147. The van der Waals surface area contributed by atoms with Gasteiger partial charge in [0.1, 0.15) is 4.83 Å². The molecular formula is C18H19NO4S2. The molecule has 0 radical (unpaired) electrons. The summed E-state index contributed by atoms with van der Waals surface area (Å²) < 4.78 is 25.3. The first-order valence-electron chi connectivity index (χ1n) is 7.75. The molecule has 0 aliphatic rings. The Kier molecular flexibility index (Phi) is 4.47. The van der Waals surface area contributed by atoms with Crippen molar-refractivity contribution in [2.45, 2.75) is 31.7 Å². The van der Waals surface area contributed by atoms with E-state index in [1.54, 1.807) is 35.6 Å². The van der Waals surface area contributed by atoms with Gasteiger partial charge in [0.25, 0.3) is 0 Å². The second kappa shape index (κ2) is 6.31. The van der Waals surface area contributed by atoms with E-state index in [2.05, 4.69) is 4.57 Å². The van der Waals surface area contributed by atoms with Gasteiger partial charge in [0.15, 0.2) is 9.84 Å². The number of hydrogen-bond donors (Lipinski definition) is 1. The van der Waals surface area contributed by atoms with Crippen molar-refractivity contribution in [3.63, 3.8) is 0 Å². The van der Waals surface area contributed by atoms with E-state index in [1.807, 2.05) is 19.9 Å². The molecule has 2 aromatic heterocycles. The van der Waals surface area contributed by atoms with E-state index in [0.717, 1.165) is 31.9 Å². The number of benzene rings is 1. The largest absolute Gasteiger partial charge is 0.481 e. The summed E-state index contributed by atoms with van der Waals surface area (Å²) in [5.41, 5.74) is 2.76. The second-order valence-electron chi connectivity index (χ2n) is 6.21. The fraction of sp³-hybridized carbons (Fsp3) is 0.278. The molecule has 0 saturated heterocycles. The monoisotopic (exact) mass is 377 g/mol. The van der Waals surface area contributed by atoms with Gasteiger partial charge in [0, 0.05) is 28.8 Å². The predicted molar refractivity (Wildman–Crippen MR) is 99.3 cm³/mol. The number of hydrogen-bond acceptors (Lipinski definition) is 4. The predicted octanol–water partition coefficient (Wildman–Crippen LogP) is 3.40. The van der Waals surface area contributed by atoms with Crippen molar-refractivity contribution in [2.24, 2.45) is 0 Å². The van der Waals surface area contributed by atoms with Crippen LogP contribution in [0.25, 0.3) is 10.2 Å². The lowest BCUT2D eigenvalue weighted by Crippen LogP contribution is -2.05. The molecule has 0 aliphatic heterocycles. The van der Waals surface area contributed by atoms with E-state index in [1.165, 1.54) is 6.26 Å². The van der Waals surface area contributed by atoms with Gasteiger partial charge in [0.05, 0.1) is 11.3 Å². The van der Waals surface area contributed by atoms with Gasteiger partial charge >= 0.3 is 5.97 Å². The Hall–Kier alpha value is -2.12. The number of aliphatic carboxylic acids is 1. The number of carbonyl (C=O) groups is 1. The normalized spacial score (nSPS) is 12.0. The van der Waals surface area contributed by atoms with Gasteiger partial charge in [-0.15, -0.1) is 11.3 Å². The molecule has 7 heteroatoms. The number of nitrogens with zero attached hydrogens (tertiary/aromatic N) is 1. The van der Waals surface area contributed by atoms with Crippen LogP contribution < -0.4 is 0 Å². The van der Waals surface area contributed by atoms with Crippen LogP contribution in [0.3, 0.4) is 0 Å². The molecule has 0 amide bonds. The maximum Gasteiger partial charge on any atom is 0.307 e. The smallest absolute Gasteiger partial charge is 0.307 e. The highest BCUT2D eigenvalue weighted by molar-refractivity contribution is 7.90. The van der Waals surface area contributed by atoms with Crippen molar-refractivity contribution in [3.05, 3.63) is 52.0 Å². The Morgan fingerprint density at radius 2 is 1.84 bits per heavy atom. The minimum Gasteiger partial charge on any atom is -0.481 e. The number of carboxylic acid groups (broad SMARTS) is 1. The zero-order valence-electron chi connectivity index (χ0n) is 14.2. The van der Waals surface area contributed by atoms with Crippen LogP contribution in [0.4, 0.5) is 0 Å². The highest BCUT2D eigenvalue weighted by Crippen LogP contribution is 2.34. The Morgan fingerprint density at radius 1 is 1.20 bits per heavy atom. The van der Waals surface area contributed by atoms with Gasteiger partial charge < -0.3 is 9.67 Å². The van der Waals surface area contributed by atoms with Crippen LogP contribution in [0.15, 0.2) is 35.2 Å². The topological polar surface area (TPSA) is 76.4 Å². The van der Waals surface area contributed by atoms with Crippen LogP contribution in [-0.2, 0) is 27.6 Å². The summed E-state index contributed by atoms with van der Waals surface area (Å²) in [6, 6.07) is 8.86. The first-order valence-corrected chi connectivity index (χ1v) is 10.5. The number of sulfone groups is 1. The lowest BCUT2D eigenvalue weighted by Gasteiger charge is -2.09. The van der Waals surface area contributed by atoms with E-state index >= 15 is 0 Å². The first-order chi connectivity index (χ1) is 11.7. The van der Waals surface area contributed by atoms with E-state index in [-0.39, 0.29) is 6.42 Å². The lowest BCUT2D eigenvalue weighted by molar-refractivity contribution is -0.136. The highest BCUT2D eigenvalue weighted by Gasteiger charge is 2.18. The Labute approximate surface area is 150 Å². The lowest BCUT2D eigenvalue weighted by atomic mass is 10.1. The zero-order chi connectivity index (χ0) is 18.4. The summed E-state index contributed by atoms with van der Waals surface area (Å²) >= 11 is 1.64. The van der Waals surface area contributed by atoms with Crippen molar-refractivity contribution in [1.82, 2.24) is 4.57 Å². The van der Waals surface area contributed by atoms with E-state index < -0.39 is 15.8 Å². The number of carboxylic acids is 1. The summed E-state index contributed by atoms with van der Waals surface area (Å²) in [7, 11) is -3.21. The van der Waals surface area contributed by atoms with E-state index in [0.29, 0.717) is 11.4 Å². The van der Waals surface area contributed by atoms with E-state index in [9.17, 15) is 18.3 Å². The molecule has 1 N–H and O–H groups in total. The fourth-order valence-electron chi connectivity index (χ4n) is 3.02. The van der Waals surface area contributed by atoms with Gasteiger partial charge in [-0.05, 0) is 43.2 Å². The zero-order valence-corrected chi connectivity index (χ0v) is 15.9. The first kappa shape index (κ1) is 17.7. The van der Waals surface area contributed by atoms with Crippen LogP contribution >= 0.6 is 11.3 Å². The number of aromatic nitrogens is 1. The summed E-state index contributed by atoms with van der Waals surface area (Å²) in [5.74, 6) is -0.844. The molecule has 0 unspecified atom stereocenters. The van der Waals surface area contributed by atoms with Gasteiger partial charge in [-0.3, -0.25) is 4.79 Å². The average molecular weight is 377 g/mol. The average Bonchev–Trinajstić information content (AvgIpc) is 2.99. The van der Waals surface area contributed by atoms with Crippen LogP contribution in [0, 0.1) is 13.8 Å². The summed E-state index contributed by atoms with van der Waals surface area (Å²) in [4.78, 5) is 13.7. The van der Waals surface area contributed by atoms with Crippen molar-refractivity contribution in [1.29, 1.82) is 0 Å². The molecule has 0 bridgehead atoms. The molecule has 3 rings (SSSR count). The van der Waals surface area contributed by atoms with Gasteiger partial charge in [-0.25, -0.2) is 8.42 Å². The van der Waals surface area contributed by atoms with Crippen molar-refractivity contribution in [3.8, 4) is 0 Å². The maximum atomic E-state index is 11.6. The number of fused-ring (bicyclic) bond motifs is 1. The third-order valence-electron chi connectivity index (χ3n) is 4.27. The van der Waals surface area contributed by atoms with Crippen LogP contribution in [0.1, 0.15) is 21.7 Å². The molecular weight excluding hydrogens is 358 g/mol. The number of thiophene rings is 1. The van der Waals surface area contributed by atoms with Crippen LogP contribution in [-0.4, -0.2) is 30.3 Å². The van der Waals surface area contributed by atoms with Crippen LogP contribution in [0.2, 0.25) is 0 Å². The highest BCUT2D eigenvalue weighted by atomic mass is 32.2. The van der Waals surface area contributed by atoms with Gasteiger partial charge in [0.2, 0.25) is 0 Å². The van der Waals surface area contributed by atoms with Crippen molar-refractivity contribution < 1.29 is 18.3 Å². The summed E-state index contributed by atoms with van der Waals surface area (Å²) in [6.07, 6.45) is 1.19. The SMILES string of the molecule is Cc1cc2c(CC(=O)O)c(C)n(Cc3ccc(S(C)(=O)=O)cc3)c2s1. The maximum absolute atomic E-state index is 11.6. The molecule has 2 heterocycles. The second-order valence-corrected chi connectivity index (χ2v) is 9.46. The fourth-order valence-corrected chi connectivity index (χ4v) is 4.73.